The van der Waals surface area contributed by atoms with Crippen molar-refractivity contribution in [2.75, 3.05) is 6.54 Å². The Balaban J connectivity index is 1.72. The van der Waals surface area contributed by atoms with Crippen LogP contribution in [0.2, 0.25) is 0 Å². The molecular weight excluding hydrogens is 334 g/mol. The number of hydrogen-bond acceptors (Lipinski definition) is 3. The molecule has 1 atom stereocenters. The number of carbonyl (C=O) groups is 1. The van der Waals surface area contributed by atoms with Crippen LogP contribution in [0.25, 0.3) is 0 Å². The molecule has 1 aliphatic rings. The van der Waals surface area contributed by atoms with Gasteiger partial charge in [0.05, 0.1) is 12.8 Å². The second-order valence-corrected chi connectivity index (χ2v) is 6.28. The smallest absolute Gasteiger partial charge is 0.251 e. The first-order chi connectivity index (χ1) is 10.1. The lowest BCUT2D eigenvalue weighted by molar-refractivity contribution is -0.00610. The Hall–Kier alpha value is -1.59. The molecule has 21 heavy (non-hydrogen) atoms. The van der Waals surface area contributed by atoms with Gasteiger partial charge in [-0.1, -0.05) is 22.0 Å². The van der Waals surface area contributed by atoms with Crippen LogP contribution in [-0.4, -0.2) is 17.6 Å². The lowest BCUT2D eigenvalue weighted by atomic mass is 9.94. The number of aliphatic hydroxyl groups is 1. The summed E-state index contributed by atoms with van der Waals surface area (Å²) in [4.78, 5) is 12.2. The number of furan rings is 1. The minimum absolute atomic E-state index is 0.145. The van der Waals surface area contributed by atoms with Gasteiger partial charge >= 0.3 is 0 Å². The first-order valence-corrected chi connectivity index (χ1v) is 7.69. The quantitative estimate of drug-likeness (QED) is 0.871. The third-order valence-electron chi connectivity index (χ3n) is 3.81. The zero-order valence-electron chi connectivity index (χ0n) is 11.4. The van der Waals surface area contributed by atoms with Crippen LogP contribution in [-0.2, 0) is 5.60 Å². The normalized spacial score (nSPS) is 17.2. The van der Waals surface area contributed by atoms with E-state index in [1.54, 1.807) is 36.6 Å². The molecule has 1 saturated carbocycles. The standard InChI is InChI=1S/C16H16BrNO3/c17-13-4-1-3-11(9-13)15(19)18-10-16(20,12-6-7-12)14-5-2-8-21-14/h1-5,8-9,12,20H,6-7,10H2,(H,18,19). The molecule has 1 amide bonds. The maximum atomic E-state index is 12.2. The minimum Gasteiger partial charge on any atom is -0.466 e. The van der Waals surface area contributed by atoms with E-state index in [2.05, 4.69) is 21.2 Å². The molecule has 1 fully saturated rings. The fraction of sp³-hybridized carbons (Fsp3) is 0.312. The summed E-state index contributed by atoms with van der Waals surface area (Å²) in [6.45, 7) is 0.149. The number of carbonyl (C=O) groups excluding carboxylic acids is 1. The van der Waals surface area contributed by atoms with E-state index in [-0.39, 0.29) is 18.4 Å². The molecule has 0 spiro atoms. The van der Waals surface area contributed by atoms with E-state index in [1.807, 2.05) is 6.07 Å². The Morgan fingerprint density at radius 2 is 2.19 bits per heavy atom. The number of halogens is 1. The molecule has 0 saturated heterocycles. The van der Waals surface area contributed by atoms with Gasteiger partial charge in [-0.15, -0.1) is 0 Å². The molecule has 1 aliphatic carbocycles. The Kier molecular flexibility index (Phi) is 3.87. The van der Waals surface area contributed by atoms with Crippen molar-refractivity contribution >= 4 is 21.8 Å². The summed E-state index contributed by atoms with van der Waals surface area (Å²) in [5.41, 5.74) is -0.562. The van der Waals surface area contributed by atoms with Gasteiger partial charge in [-0.25, -0.2) is 0 Å². The van der Waals surface area contributed by atoms with Crippen molar-refractivity contribution in [2.24, 2.45) is 5.92 Å². The maximum Gasteiger partial charge on any atom is 0.251 e. The number of hydrogen-bond donors (Lipinski definition) is 2. The van der Waals surface area contributed by atoms with E-state index >= 15 is 0 Å². The molecule has 0 bridgehead atoms. The van der Waals surface area contributed by atoms with Crippen molar-refractivity contribution in [1.29, 1.82) is 0 Å². The number of nitrogens with one attached hydrogen (secondary N) is 1. The molecular formula is C16H16BrNO3. The fourth-order valence-corrected chi connectivity index (χ4v) is 2.86. The van der Waals surface area contributed by atoms with Crippen LogP contribution in [0.15, 0.2) is 51.6 Å². The molecule has 1 unspecified atom stereocenters. The first-order valence-electron chi connectivity index (χ1n) is 6.90. The largest absolute Gasteiger partial charge is 0.466 e. The van der Waals surface area contributed by atoms with Gasteiger partial charge in [-0.2, -0.15) is 0 Å². The molecule has 5 heteroatoms. The van der Waals surface area contributed by atoms with Crippen LogP contribution in [0.4, 0.5) is 0 Å². The topological polar surface area (TPSA) is 62.5 Å². The summed E-state index contributed by atoms with van der Waals surface area (Å²) >= 11 is 3.34. The average molecular weight is 350 g/mol. The van der Waals surface area contributed by atoms with E-state index in [1.165, 1.54) is 0 Å². The van der Waals surface area contributed by atoms with Crippen molar-refractivity contribution < 1.29 is 14.3 Å². The molecule has 4 nitrogen and oxygen atoms in total. The van der Waals surface area contributed by atoms with Gasteiger partial charge in [-0.05, 0) is 49.1 Å². The molecule has 0 radical (unpaired) electrons. The highest BCUT2D eigenvalue weighted by Gasteiger charge is 2.47. The third-order valence-corrected chi connectivity index (χ3v) is 4.30. The van der Waals surface area contributed by atoms with Gasteiger partial charge in [0, 0.05) is 10.0 Å². The molecule has 1 aromatic carbocycles. The Bertz CT molecular complexity index is 637. The van der Waals surface area contributed by atoms with Gasteiger partial charge in [0.2, 0.25) is 0 Å². The minimum atomic E-state index is -1.12. The van der Waals surface area contributed by atoms with Crippen LogP contribution >= 0.6 is 15.9 Å². The van der Waals surface area contributed by atoms with Crippen LogP contribution in [0.5, 0.6) is 0 Å². The predicted molar refractivity (Wildman–Crippen MR) is 81.8 cm³/mol. The van der Waals surface area contributed by atoms with Crippen molar-refractivity contribution in [3.05, 3.63) is 58.5 Å². The lowest BCUT2D eigenvalue weighted by Gasteiger charge is -2.26. The lowest BCUT2D eigenvalue weighted by Crippen LogP contribution is -2.42. The van der Waals surface area contributed by atoms with Crippen LogP contribution in [0.1, 0.15) is 29.0 Å². The second kappa shape index (κ2) is 5.66. The van der Waals surface area contributed by atoms with Crippen LogP contribution in [0, 0.1) is 5.92 Å². The second-order valence-electron chi connectivity index (χ2n) is 5.37. The van der Waals surface area contributed by atoms with E-state index in [0.717, 1.165) is 17.3 Å². The third kappa shape index (κ3) is 3.04. The van der Waals surface area contributed by atoms with E-state index in [4.69, 9.17) is 4.42 Å². The Morgan fingerprint density at radius 1 is 1.38 bits per heavy atom. The zero-order chi connectivity index (χ0) is 14.9. The number of amides is 1. The molecule has 2 aromatic rings. The number of rotatable bonds is 5. The van der Waals surface area contributed by atoms with E-state index < -0.39 is 5.60 Å². The van der Waals surface area contributed by atoms with Gasteiger partial charge in [0.25, 0.3) is 5.91 Å². The number of benzene rings is 1. The van der Waals surface area contributed by atoms with Gasteiger partial charge in [0.15, 0.2) is 0 Å². The van der Waals surface area contributed by atoms with Crippen LogP contribution < -0.4 is 5.32 Å². The Labute approximate surface area is 131 Å². The molecule has 3 rings (SSSR count). The van der Waals surface area contributed by atoms with E-state index in [0.29, 0.717) is 11.3 Å². The highest BCUT2D eigenvalue weighted by Crippen LogP contribution is 2.45. The van der Waals surface area contributed by atoms with Gasteiger partial charge < -0.3 is 14.8 Å². The Morgan fingerprint density at radius 3 is 2.81 bits per heavy atom. The SMILES string of the molecule is O=C(NCC(O)(c1ccco1)C1CC1)c1cccc(Br)c1. The fourth-order valence-electron chi connectivity index (χ4n) is 2.47. The van der Waals surface area contributed by atoms with Crippen LogP contribution in [0.3, 0.4) is 0 Å². The summed E-state index contributed by atoms with van der Waals surface area (Å²) in [7, 11) is 0. The predicted octanol–water partition coefficient (Wildman–Crippen LogP) is 3.07. The van der Waals surface area contributed by atoms with Crippen molar-refractivity contribution in [3.63, 3.8) is 0 Å². The van der Waals surface area contributed by atoms with Crippen molar-refractivity contribution in [2.45, 2.75) is 18.4 Å². The average Bonchev–Trinajstić information content (AvgIpc) is 3.19. The molecule has 2 N–H and O–H groups in total. The highest BCUT2D eigenvalue weighted by molar-refractivity contribution is 9.10. The zero-order valence-corrected chi connectivity index (χ0v) is 13.0. The summed E-state index contributed by atoms with van der Waals surface area (Å²) in [6.07, 6.45) is 3.44. The monoisotopic (exact) mass is 349 g/mol. The van der Waals surface area contributed by atoms with Gasteiger partial charge in [-0.3, -0.25) is 4.79 Å². The van der Waals surface area contributed by atoms with Crippen molar-refractivity contribution in [1.82, 2.24) is 5.32 Å². The first kappa shape index (κ1) is 14.4. The summed E-state index contributed by atoms with van der Waals surface area (Å²) in [5.74, 6) is 0.452. The van der Waals surface area contributed by atoms with Gasteiger partial charge in [0.1, 0.15) is 11.4 Å². The molecule has 0 aliphatic heterocycles. The van der Waals surface area contributed by atoms with Crippen molar-refractivity contribution in [3.8, 4) is 0 Å². The van der Waals surface area contributed by atoms with E-state index in [9.17, 15) is 9.90 Å². The molecule has 1 heterocycles. The maximum absolute atomic E-state index is 12.2. The highest BCUT2D eigenvalue weighted by atomic mass is 79.9. The summed E-state index contributed by atoms with van der Waals surface area (Å²) in [6, 6.07) is 10.7. The molecule has 1 aromatic heterocycles. The molecule has 110 valence electrons. The summed E-state index contributed by atoms with van der Waals surface area (Å²) in [5, 5.41) is 13.7. The summed E-state index contributed by atoms with van der Waals surface area (Å²) < 4.78 is 6.19.